The minimum Gasteiger partial charge on any atom is -0.335 e. The highest BCUT2D eigenvalue weighted by molar-refractivity contribution is 6.10. The van der Waals surface area contributed by atoms with Crippen molar-refractivity contribution >= 4 is 21.8 Å². The molecular weight excluding hydrogens is 542 g/mol. The topological polar surface area (TPSA) is 4.93 Å². The molecule has 0 aliphatic carbocycles. The Morgan fingerprint density at radius 2 is 0.622 bits per heavy atom. The van der Waals surface area contributed by atoms with Gasteiger partial charge >= 0.3 is 0 Å². The Hall–Kier alpha value is -3.32. The molecule has 1 heteroatoms. The van der Waals surface area contributed by atoms with E-state index in [9.17, 15) is 0 Å². The standard InChI is InChI=1S/C44H57N/c1-40(2,3)32-20-30(21-33(26-32)41(4,5)6)28-16-18-38-36(24-28)37-25-29(17-19-39(37)45(38)44(13,14)15)31-22-34(42(7,8)9)27-35(23-31)43(10,11)12/h16-27H,1-15H3. The summed E-state index contributed by atoms with van der Waals surface area (Å²) < 4.78 is 2.53. The van der Waals surface area contributed by atoms with Crippen molar-refractivity contribution in [2.75, 3.05) is 0 Å². The summed E-state index contributed by atoms with van der Waals surface area (Å²) in [6.45, 7) is 34.8. The summed E-state index contributed by atoms with van der Waals surface area (Å²) in [5.41, 5.74) is 13.5. The molecule has 0 saturated heterocycles. The molecule has 0 unspecified atom stereocenters. The van der Waals surface area contributed by atoms with Crippen LogP contribution in [-0.4, -0.2) is 4.57 Å². The Kier molecular flexibility index (Phi) is 7.80. The maximum atomic E-state index is 2.53. The quantitative estimate of drug-likeness (QED) is 0.190. The number of nitrogens with zero attached hydrogens (tertiary/aromatic N) is 1. The molecule has 4 aromatic carbocycles. The monoisotopic (exact) mass is 599 g/mol. The highest BCUT2D eigenvalue weighted by Gasteiger charge is 2.25. The van der Waals surface area contributed by atoms with Crippen LogP contribution in [0.15, 0.2) is 72.8 Å². The summed E-state index contributed by atoms with van der Waals surface area (Å²) in [7, 11) is 0. The summed E-state index contributed by atoms with van der Waals surface area (Å²) in [6, 6.07) is 28.8. The first kappa shape index (κ1) is 33.1. The zero-order valence-corrected chi connectivity index (χ0v) is 30.9. The molecule has 45 heavy (non-hydrogen) atoms. The summed E-state index contributed by atoms with van der Waals surface area (Å²) in [5.74, 6) is 0. The van der Waals surface area contributed by atoms with Gasteiger partial charge in [-0.1, -0.05) is 132 Å². The SMILES string of the molecule is CC(C)(C)c1cc(-c2ccc3c(c2)c2cc(-c4cc(C(C)(C)C)cc(C(C)(C)C)c4)ccc2n3C(C)(C)C)cc(C(C)(C)C)c1. The molecule has 0 aliphatic rings. The van der Waals surface area contributed by atoms with Crippen molar-refractivity contribution in [3.8, 4) is 22.3 Å². The van der Waals surface area contributed by atoms with E-state index in [0.717, 1.165) is 0 Å². The van der Waals surface area contributed by atoms with Gasteiger partial charge in [0.1, 0.15) is 0 Å². The third-order valence-electron chi connectivity index (χ3n) is 9.43. The van der Waals surface area contributed by atoms with Crippen LogP contribution in [0.25, 0.3) is 44.1 Å². The summed E-state index contributed by atoms with van der Waals surface area (Å²) >= 11 is 0. The van der Waals surface area contributed by atoms with E-state index in [2.05, 4.69) is 181 Å². The molecule has 0 amide bonds. The molecule has 0 bridgehead atoms. The van der Waals surface area contributed by atoms with Crippen LogP contribution in [0.3, 0.4) is 0 Å². The number of aromatic nitrogens is 1. The number of benzene rings is 4. The van der Waals surface area contributed by atoms with Crippen molar-refractivity contribution in [3.05, 3.63) is 95.1 Å². The van der Waals surface area contributed by atoms with Crippen LogP contribution in [0, 0.1) is 0 Å². The first-order valence-corrected chi connectivity index (χ1v) is 16.9. The van der Waals surface area contributed by atoms with Gasteiger partial charge in [-0.05, 0) is 111 Å². The Bertz CT molecular complexity index is 1690. The predicted octanol–water partition coefficient (Wildman–Crippen LogP) is 13.1. The van der Waals surface area contributed by atoms with Crippen LogP contribution >= 0.6 is 0 Å². The normalized spacial score (nSPS) is 13.7. The fraction of sp³-hybridized carbons (Fsp3) is 0.455. The van der Waals surface area contributed by atoms with Crippen LogP contribution in [0.5, 0.6) is 0 Å². The highest BCUT2D eigenvalue weighted by Crippen LogP contribution is 2.41. The number of hydrogen-bond acceptors (Lipinski definition) is 0. The molecular formula is C44H57N. The van der Waals surface area contributed by atoms with Crippen LogP contribution in [0.1, 0.15) is 126 Å². The van der Waals surface area contributed by atoms with Gasteiger partial charge in [-0.15, -0.1) is 0 Å². The van der Waals surface area contributed by atoms with Gasteiger partial charge in [0.25, 0.3) is 0 Å². The molecule has 1 heterocycles. The number of rotatable bonds is 2. The summed E-state index contributed by atoms with van der Waals surface area (Å²) in [6.07, 6.45) is 0. The van der Waals surface area contributed by atoms with Gasteiger partial charge in [-0.2, -0.15) is 0 Å². The smallest absolute Gasteiger partial charge is 0.0496 e. The van der Waals surface area contributed by atoms with Crippen molar-refractivity contribution in [2.24, 2.45) is 0 Å². The van der Waals surface area contributed by atoms with Gasteiger partial charge in [-0.3, -0.25) is 0 Å². The summed E-state index contributed by atoms with van der Waals surface area (Å²) in [4.78, 5) is 0. The van der Waals surface area contributed by atoms with E-state index in [1.54, 1.807) is 0 Å². The van der Waals surface area contributed by atoms with Crippen LogP contribution in [0.4, 0.5) is 0 Å². The molecule has 5 rings (SSSR count). The maximum Gasteiger partial charge on any atom is 0.0496 e. The van der Waals surface area contributed by atoms with E-state index in [4.69, 9.17) is 0 Å². The van der Waals surface area contributed by atoms with E-state index in [-0.39, 0.29) is 27.2 Å². The second-order valence-electron chi connectivity index (χ2n) is 18.6. The second kappa shape index (κ2) is 10.6. The highest BCUT2D eigenvalue weighted by atomic mass is 15.0. The largest absolute Gasteiger partial charge is 0.335 e. The van der Waals surface area contributed by atoms with Crippen molar-refractivity contribution < 1.29 is 0 Å². The summed E-state index contributed by atoms with van der Waals surface area (Å²) in [5, 5.41) is 2.64. The van der Waals surface area contributed by atoms with Crippen molar-refractivity contribution in [3.63, 3.8) is 0 Å². The van der Waals surface area contributed by atoms with E-state index in [0.29, 0.717) is 0 Å². The van der Waals surface area contributed by atoms with E-state index in [1.807, 2.05) is 0 Å². The zero-order valence-electron chi connectivity index (χ0n) is 30.9. The lowest BCUT2D eigenvalue weighted by atomic mass is 9.78. The minimum atomic E-state index is -0.0554. The van der Waals surface area contributed by atoms with Crippen molar-refractivity contribution in [1.82, 2.24) is 4.57 Å². The van der Waals surface area contributed by atoms with Gasteiger partial charge in [0.05, 0.1) is 0 Å². The van der Waals surface area contributed by atoms with Gasteiger partial charge in [0.15, 0.2) is 0 Å². The number of hydrogen-bond donors (Lipinski definition) is 0. The fourth-order valence-electron chi connectivity index (χ4n) is 6.43. The lowest BCUT2D eigenvalue weighted by molar-refractivity contribution is 0.423. The molecule has 0 aliphatic heterocycles. The molecule has 1 nitrogen and oxygen atoms in total. The molecule has 5 aromatic rings. The first-order chi connectivity index (χ1) is 20.4. The van der Waals surface area contributed by atoms with Crippen molar-refractivity contribution in [1.29, 1.82) is 0 Å². The van der Waals surface area contributed by atoms with Crippen LogP contribution in [-0.2, 0) is 27.2 Å². The Labute approximate surface area is 274 Å². The lowest BCUT2D eigenvalue weighted by Crippen LogP contribution is -2.21. The van der Waals surface area contributed by atoms with Gasteiger partial charge in [-0.25, -0.2) is 0 Å². The maximum absolute atomic E-state index is 2.53. The molecule has 238 valence electrons. The van der Waals surface area contributed by atoms with E-state index < -0.39 is 0 Å². The average Bonchev–Trinajstić information content (AvgIpc) is 3.24. The molecule has 1 aromatic heterocycles. The third-order valence-corrected chi connectivity index (χ3v) is 9.43. The second-order valence-corrected chi connectivity index (χ2v) is 18.6. The molecule has 0 N–H and O–H groups in total. The molecule has 0 atom stereocenters. The molecule has 0 radical (unpaired) electrons. The third kappa shape index (κ3) is 6.51. The van der Waals surface area contributed by atoms with E-state index in [1.165, 1.54) is 66.3 Å². The first-order valence-electron chi connectivity index (χ1n) is 16.9. The zero-order chi connectivity index (χ0) is 33.5. The van der Waals surface area contributed by atoms with Gasteiger partial charge < -0.3 is 4.57 Å². The lowest BCUT2D eigenvalue weighted by Gasteiger charge is -2.26. The Balaban J connectivity index is 1.81. The number of fused-ring (bicyclic) bond motifs is 3. The molecule has 0 fully saturated rings. The van der Waals surface area contributed by atoms with Gasteiger partial charge in [0, 0.05) is 27.3 Å². The van der Waals surface area contributed by atoms with Crippen LogP contribution < -0.4 is 0 Å². The van der Waals surface area contributed by atoms with Gasteiger partial charge in [0.2, 0.25) is 0 Å². The molecule has 0 saturated carbocycles. The fourth-order valence-corrected chi connectivity index (χ4v) is 6.43. The Morgan fingerprint density at radius 3 is 0.867 bits per heavy atom. The average molecular weight is 600 g/mol. The molecule has 0 spiro atoms. The van der Waals surface area contributed by atoms with E-state index >= 15 is 0 Å². The van der Waals surface area contributed by atoms with Crippen LogP contribution in [0.2, 0.25) is 0 Å². The minimum absolute atomic E-state index is 0.0554. The predicted molar refractivity (Wildman–Crippen MR) is 200 cm³/mol. The Morgan fingerprint density at radius 1 is 0.333 bits per heavy atom. The van der Waals surface area contributed by atoms with Crippen molar-refractivity contribution in [2.45, 2.75) is 131 Å².